The standard InChI is InChI=1S/C22H23NO4S.ClH/c24-17(12-23-16-8-9-28-14-16)13-26-18-6-7-19-20(25)11-21(27-22(19)10-18)15-4-2-1-3-5-15;/h1-7,10-11,16-17,23-24H,8-9,12-14H2;1H. The molecule has 29 heavy (non-hydrogen) atoms. The van der Waals surface area contributed by atoms with Crippen molar-refractivity contribution in [3.8, 4) is 17.1 Å². The van der Waals surface area contributed by atoms with Crippen molar-refractivity contribution in [3.05, 3.63) is 64.8 Å². The van der Waals surface area contributed by atoms with Crippen LogP contribution in [0, 0.1) is 0 Å². The molecule has 2 heterocycles. The van der Waals surface area contributed by atoms with Crippen LogP contribution in [0.5, 0.6) is 5.75 Å². The summed E-state index contributed by atoms with van der Waals surface area (Å²) in [6.07, 6.45) is 0.551. The highest BCUT2D eigenvalue weighted by Crippen LogP contribution is 2.25. The average Bonchev–Trinajstić information content (AvgIpc) is 3.25. The van der Waals surface area contributed by atoms with Gasteiger partial charge in [-0.2, -0.15) is 11.8 Å². The first-order valence-corrected chi connectivity index (χ1v) is 10.6. The van der Waals surface area contributed by atoms with E-state index in [1.807, 2.05) is 42.1 Å². The van der Waals surface area contributed by atoms with Gasteiger partial charge in [0, 0.05) is 36.0 Å². The zero-order chi connectivity index (χ0) is 19.3. The van der Waals surface area contributed by atoms with E-state index < -0.39 is 6.10 Å². The molecule has 0 amide bonds. The summed E-state index contributed by atoms with van der Waals surface area (Å²) in [6, 6.07) is 16.6. The average molecular weight is 434 g/mol. The Bertz CT molecular complexity index is 989. The second kappa shape index (κ2) is 10.2. The number of thioether (sulfide) groups is 1. The van der Waals surface area contributed by atoms with Gasteiger partial charge in [-0.15, -0.1) is 12.4 Å². The lowest BCUT2D eigenvalue weighted by Crippen LogP contribution is -2.37. The molecule has 2 unspecified atom stereocenters. The Morgan fingerprint density at radius 1 is 1.21 bits per heavy atom. The van der Waals surface area contributed by atoms with Gasteiger partial charge in [-0.1, -0.05) is 30.3 Å². The van der Waals surface area contributed by atoms with E-state index in [0.29, 0.717) is 35.1 Å². The zero-order valence-electron chi connectivity index (χ0n) is 15.9. The van der Waals surface area contributed by atoms with Gasteiger partial charge < -0.3 is 19.6 Å². The quantitative estimate of drug-likeness (QED) is 0.591. The van der Waals surface area contributed by atoms with Crippen LogP contribution in [-0.2, 0) is 0 Å². The van der Waals surface area contributed by atoms with Crippen LogP contribution in [0.1, 0.15) is 6.42 Å². The number of rotatable bonds is 7. The number of nitrogens with one attached hydrogen (secondary N) is 1. The van der Waals surface area contributed by atoms with E-state index in [-0.39, 0.29) is 24.4 Å². The van der Waals surface area contributed by atoms with Crippen LogP contribution in [0.3, 0.4) is 0 Å². The number of hydrogen-bond donors (Lipinski definition) is 2. The molecule has 5 nitrogen and oxygen atoms in total. The fourth-order valence-corrected chi connectivity index (χ4v) is 4.41. The molecule has 0 saturated carbocycles. The molecule has 0 spiro atoms. The Labute approximate surface area is 179 Å². The topological polar surface area (TPSA) is 71.7 Å². The molecular formula is C22H24ClNO4S. The maximum Gasteiger partial charge on any atom is 0.193 e. The summed E-state index contributed by atoms with van der Waals surface area (Å²) in [6.45, 7) is 0.688. The summed E-state index contributed by atoms with van der Waals surface area (Å²) in [7, 11) is 0. The van der Waals surface area contributed by atoms with Crippen LogP contribution in [0.15, 0.2) is 63.8 Å². The summed E-state index contributed by atoms with van der Waals surface area (Å²) in [5.41, 5.74) is 1.23. The lowest BCUT2D eigenvalue weighted by Gasteiger charge is -2.16. The molecule has 7 heteroatoms. The molecule has 1 fully saturated rings. The van der Waals surface area contributed by atoms with Crippen molar-refractivity contribution >= 4 is 35.1 Å². The smallest absolute Gasteiger partial charge is 0.193 e. The predicted molar refractivity (Wildman–Crippen MR) is 120 cm³/mol. The second-order valence-corrected chi connectivity index (χ2v) is 8.08. The number of aliphatic hydroxyl groups is 1. The summed E-state index contributed by atoms with van der Waals surface area (Å²) in [4.78, 5) is 12.4. The first-order valence-electron chi connectivity index (χ1n) is 9.44. The van der Waals surface area contributed by atoms with Crippen LogP contribution in [-0.4, -0.2) is 41.9 Å². The number of hydrogen-bond acceptors (Lipinski definition) is 6. The van der Waals surface area contributed by atoms with Gasteiger partial charge in [0.1, 0.15) is 29.8 Å². The van der Waals surface area contributed by atoms with Crippen LogP contribution < -0.4 is 15.5 Å². The van der Waals surface area contributed by atoms with Gasteiger partial charge in [0.05, 0.1) is 5.39 Å². The van der Waals surface area contributed by atoms with Crippen LogP contribution >= 0.6 is 24.2 Å². The predicted octanol–water partition coefficient (Wildman–Crippen LogP) is 3.72. The number of benzene rings is 2. The number of ether oxygens (including phenoxy) is 1. The monoisotopic (exact) mass is 433 g/mol. The first kappa shape index (κ1) is 21.7. The van der Waals surface area contributed by atoms with Crippen molar-refractivity contribution in [1.82, 2.24) is 5.32 Å². The zero-order valence-corrected chi connectivity index (χ0v) is 17.5. The molecule has 0 bridgehead atoms. The second-order valence-electron chi connectivity index (χ2n) is 6.93. The Hall–Kier alpha value is -1.99. The third-order valence-corrected chi connectivity index (χ3v) is 5.94. The fraction of sp³-hybridized carbons (Fsp3) is 0.318. The van der Waals surface area contributed by atoms with Crippen molar-refractivity contribution in [1.29, 1.82) is 0 Å². The Kier molecular flexibility index (Phi) is 7.61. The summed E-state index contributed by atoms with van der Waals surface area (Å²) < 4.78 is 11.7. The molecule has 2 aromatic carbocycles. The van der Waals surface area contributed by atoms with Gasteiger partial charge in [0.2, 0.25) is 0 Å². The van der Waals surface area contributed by atoms with E-state index >= 15 is 0 Å². The summed E-state index contributed by atoms with van der Waals surface area (Å²) in [5.74, 6) is 3.36. The molecule has 0 radical (unpaired) electrons. The molecule has 0 aliphatic carbocycles. The van der Waals surface area contributed by atoms with E-state index in [1.54, 1.807) is 18.2 Å². The van der Waals surface area contributed by atoms with Gasteiger partial charge in [-0.05, 0) is 24.3 Å². The highest BCUT2D eigenvalue weighted by atomic mass is 35.5. The van der Waals surface area contributed by atoms with E-state index in [4.69, 9.17) is 9.15 Å². The molecule has 2 atom stereocenters. The highest BCUT2D eigenvalue weighted by molar-refractivity contribution is 7.99. The van der Waals surface area contributed by atoms with Crippen molar-refractivity contribution < 1.29 is 14.3 Å². The minimum absolute atomic E-state index is 0. The molecule has 3 aromatic rings. The third kappa shape index (κ3) is 5.54. The van der Waals surface area contributed by atoms with E-state index in [9.17, 15) is 9.90 Å². The summed E-state index contributed by atoms with van der Waals surface area (Å²) >= 11 is 1.93. The van der Waals surface area contributed by atoms with Crippen LogP contribution in [0.4, 0.5) is 0 Å². The van der Waals surface area contributed by atoms with E-state index in [2.05, 4.69) is 5.32 Å². The highest BCUT2D eigenvalue weighted by Gasteiger charge is 2.16. The van der Waals surface area contributed by atoms with Gasteiger partial charge in [0.15, 0.2) is 5.43 Å². The first-order chi connectivity index (χ1) is 13.7. The maximum atomic E-state index is 12.4. The molecule has 4 rings (SSSR count). The lowest BCUT2D eigenvalue weighted by atomic mass is 10.1. The summed E-state index contributed by atoms with van der Waals surface area (Å²) in [5, 5.41) is 14.0. The van der Waals surface area contributed by atoms with Gasteiger partial charge >= 0.3 is 0 Å². The van der Waals surface area contributed by atoms with E-state index in [0.717, 1.165) is 17.7 Å². The molecule has 1 saturated heterocycles. The SMILES string of the molecule is Cl.O=c1cc(-c2ccccc2)oc2cc(OCC(O)CNC3CCSC3)ccc12. The largest absolute Gasteiger partial charge is 0.491 e. The lowest BCUT2D eigenvalue weighted by molar-refractivity contribution is 0.104. The molecule has 1 aliphatic heterocycles. The number of fused-ring (bicyclic) bond motifs is 1. The molecule has 154 valence electrons. The third-order valence-electron chi connectivity index (χ3n) is 4.77. The minimum atomic E-state index is -0.594. The minimum Gasteiger partial charge on any atom is -0.491 e. The molecule has 1 aliphatic rings. The van der Waals surface area contributed by atoms with Crippen molar-refractivity contribution in [2.45, 2.75) is 18.6 Å². The van der Waals surface area contributed by atoms with Crippen LogP contribution in [0.25, 0.3) is 22.3 Å². The number of halogens is 1. The van der Waals surface area contributed by atoms with E-state index in [1.165, 1.54) is 11.8 Å². The van der Waals surface area contributed by atoms with Gasteiger partial charge in [-0.25, -0.2) is 0 Å². The molecular weight excluding hydrogens is 410 g/mol. The Morgan fingerprint density at radius 2 is 2.03 bits per heavy atom. The number of aliphatic hydroxyl groups excluding tert-OH is 1. The maximum absolute atomic E-state index is 12.4. The van der Waals surface area contributed by atoms with Crippen molar-refractivity contribution in [3.63, 3.8) is 0 Å². The van der Waals surface area contributed by atoms with Crippen LogP contribution in [0.2, 0.25) is 0 Å². The van der Waals surface area contributed by atoms with Gasteiger partial charge in [0.25, 0.3) is 0 Å². The van der Waals surface area contributed by atoms with Gasteiger partial charge in [-0.3, -0.25) is 4.79 Å². The molecule has 1 aromatic heterocycles. The van der Waals surface area contributed by atoms with Crippen molar-refractivity contribution in [2.24, 2.45) is 0 Å². The Balaban J connectivity index is 0.00000240. The Morgan fingerprint density at radius 3 is 2.79 bits per heavy atom. The molecule has 2 N–H and O–H groups in total. The normalized spacial score (nSPS) is 17.1. The fourth-order valence-electron chi connectivity index (χ4n) is 3.22. The van der Waals surface area contributed by atoms with Crippen molar-refractivity contribution in [2.75, 3.05) is 24.7 Å².